The number of aliphatic hydroxyl groups is 1. The average molecular weight is 206 g/mol. The molecule has 0 unspecified atom stereocenters. The quantitative estimate of drug-likeness (QED) is 0.606. The third kappa shape index (κ3) is 2.80. The first-order valence-electron chi connectivity index (χ1n) is 5.11. The molecule has 0 fully saturated rings. The molecule has 3 heteroatoms. The third-order valence-electron chi connectivity index (χ3n) is 2.23. The predicted octanol–water partition coefficient (Wildman–Crippen LogP) is 1.92. The molecule has 0 amide bonds. The van der Waals surface area contributed by atoms with Crippen LogP contribution in [-0.2, 0) is 0 Å². The number of anilines is 1. The molecule has 0 heterocycles. The average Bonchev–Trinajstić information content (AvgIpc) is 2.26. The monoisotopic (exact) mass is 206 g/mol. The van der Waals surface area contributed by atoms with Crippen LogP contribution < -0.4 is 4.90 Å². The number of benzene rings is 1. The fourth-order valence-electron chi connectivity index (χ4n) is 1.59. The summed E-state index contributed by atoms with van der Waals surface area (Å²) in [5.41, 5.74) is 1.06. The Bertz CT molecular complexity index is 320. The van der Waals surface area contributed by atoms with Crippen LogP contribution in [0, 0.1) is 0 Å². The maximum Gasteiger partial charge on any atom is 0.129 e. The van der Waals surface area contributed by atoms with Crippen molar-refractivity contribution < 1.29 is 5.11 Å². The number of aliphatic hydroxyl groups excluding tert-OH is 1. The Morgan fingerprint density at radius 2 is 1.93 bits per heavy atom. The van der Waals surface area contributed by atoms with Gasteiger partial charge in [-0.2, -0.15) is 0 Å². The molecular weight excluding hydrogens is 188 g/mol. The van der Waals surface area contributed by atoms with Gasteiger partial charge in [-0.15, -0.1) is 0 Å². The Kier molecular flexibility index (Phi) is 4.31. The van der Waals surface area contributed by atoms with Gasteiger partial charge in [0.05, 0.1) is 0 Å². The topological polar surface area (TPSA) is 35.8 Å². The molecule has 0 aliphatic heterocycles. The van der Waals surface area contributed by atoms with Gasteiger partial charge < -0.3 is 10.0 Å². The van der Waals surface area contributed by atoms with E-state index in [4.69, 9.17) is 0 Å². The van der Waals surface area contributed by atoms with Gasteiger partial charge >= 0.3 is 0 Å². The van der Waals surface area contributed by atoms with Gasteiger partial charge in [0, 0.05) is 18.8 Å². The van der Waals surface area contributed by atoms with E-state index in [1.807, 2.05) is 35.2 Å². The van der Waals surface area contributed by atoms with Crippen molar-refractivity contribution in [1.82, 2.24) is 0 Å². The molecule has 0 bridgehead atoms. The van der Waals surface area contributed by atoms with Crippen molar-refractivity contribution >= 4 is 11.5 Å². The van der Waals surface area contributed by atoms with Gasteiger partial charge in [0.15, 0.2) is 0 Å². The first-order valence-corrected chi connectivity index (χ1v) is 5.11. The molecule has 15 heavy (non-hydrogen) atoms. The molecule has 0 radical (unpaired) electrons. The van der Waals surface area contributed by atoms with E-state index in [-0.39, 0.29) is 12.6 Å². The molecule has 1 aromatic carbocycles. The normalized spacial score (nSPS) is 11.9. The largest absolute Gasteiger partial charge is 0.388 e. The zero-order valence-electron chi connectivity index (χ0n) is 9.51. The molecule has 1 rings (SSSR count). The Morgan fingerprint density at radius 1 is 1.33 bits per heavy atom. The maximum atomic E-state index is 9.23. The van der Waals surface area contributed by atoms with E-state index in [2.05, 4.69) is 18.8 Å². The summed E-state index contributed by atoms with van der Waals surface area (Å²) in [7, 11) is 1.70. The summed E-state index contributed by atoms with van der Waals surface area (Å²) in [6.45, 7) is 4.12. The van der Waals surface area contributed by atoms with Crippen molar-refractivity contribution in [3.63, 3.8) is 0 Å². The number of aliphatic imine (C=N–C) groups is 1. The minimum Gasteiger partial charge on any atom is -0.388 e. The molecular formula is C12H18N2O. The van der Waals surface area contributed by atoms with Crippen LogP contribution in [0.4, 0.5) is 5.69 Å². The summed E-state index contributed by atoms with van der Waals surface area (Å²) in [6, 6.07) is 10.2. The van der Waals surface area contributed by atoms with Crippen molar-refractivity contribution in [1.29, 1.82) is 0 Å². The number of amidine groups is 1. The molecule has 82 valence electrons. The first kappa shape index (κ1) is 11.7. The highest BCUT2D eigenvalue weighted by atomic mass is 16.3. The van der Waals surface area contributed by atoms with E-state index >= 15 is 0 Å². The van der Waals surface area contributed by atoms with Crippen LogP contribution in [0.15, 0.2) is 35.3 Å². The Balaban J connectivity index is 3.04. The lowest BCUT2D eigenvalue weighted by Crippen LogP contribution is -2.39. The number of rotatable bonds is 3. The fourth-order valence-corrected chi connectivity index (χ4v) is 1.59. The summed E-state index contributed by atoms with van der Waals surface area (Å²) in [4.78, 5) is 6.12. The maximum absolute atomic E-state index is 9.23. The van der Waals surface area contributed by atoms with Crippen molar-refractivity contribution in [2.75, 3.05) is 18.6 Å². The summed E-state index contributed by atoms with van der Waals surface area (Å²) in [5.74, 6) is 0.691. The summed E-state index contributed by atoms with van der Waals surface area (Å²) in [5, 5.41) is 9.23. The Labute approximate surface area is 91.1 Å². The third-order valence-corrected chi connectivity index (χ3v) is 2.23. The molecule has 0 aliphatic carbocycles. The molecule has 0 aromatic heterocycles. The minimum atomic E-state index is -0.0381. The summed E-state index contributed by atoms with van der Waals surface area (Å²) >= 11 is 0. The first-order chi connectivity index (χ1) is 7.20. The van der Waals surface area contributed by atoms with E-state index in [0.717, 1.165) is 5.69 Å². The SMILES string of the molecule is C/N=C(/CO)N(c1ccccc1)C(C)C. The van der Waals surface area contributed by atoms with Gasteiger partial charge in [-0.1, -0.05) is 18.2 Å². The van der Waals surface area contributed by atoms with Gasteiger partial charge in [0.2, 0.25) is 0 Å². The number of hydrogen-bond donors (Lipinski definition) is 1. The molecule has 0 atom stereocenters. The van der Waals surface area contributed by atoms with Crippen LogP contribution in [0.25, 0.3) is 0 Å². The van der Waals surface area contributed by atoms with Gasteiger partial charge in [-0.25, -0.2) is 0 Å². The molecule has 0 saturated heterocycles. The standard InChI is InChI=1S/C12H18N2O/c1-10(2)14(12(9-15)13-3)11-7-5-4-6-8-11/h4-8,10,15H,9H2,1-3H3/b13-12-. The summed E-state index contributed by atoms with van der Waals surface area (Å²) < 4.78 is 0. The molecule has 3 nitrogen and oxygen atoms in total. The molecule has 1 N–H and O–H groups in total. The van der Waals surface area contributed by atoms with Gasteiger partial charge in [0.1, 0.15) is 12.4 Å². The smallest absolute Gasteiger partial charge is 0.129 e. The number of para-hydroxylation sites is 1. The van der Waals surface area contributed by atoms with Crippen LogP contribution in [0.5, 0.6) is 0 Å². The lowest BCUT2D eigenvalue weighted by molar-refractivity contribution is 0.354. The summed E-state index contributed by atoms with van der Waals surface area (Å²) in [6.07, 6.45) is 0. The van der Waals surface area contributed by atoms with Crippen molar-refractivity contribution in [2.45, 2.75) is 19.9 Å². The van der Waals surface area contributed by atoms with Gasteiger partial charge in [-0.05, 0) is 26.0 Å². The van der Waals surface area contributed by atoms with E-state index < -0.39 is 0 Å². The second kappa shape index (κ2) is 5.51. The minimum absolute atomic E-state index is 0.0381. The number of hydrogen-bond acceptors (Lipinski definition) is 2. The van der Waals surface area contributed by atoms with Crippen molar-refractivity contribution in [2.24, 2.45) is 4.99 Å². The molecule has 1 aromatic rings. The van der Waals surface area contributed by atoms with Crippen LogP contribution in [0.1, 0.15) is 13.8 Å². The zero-order chi connectivity index (χ0) is 11.3. The second-order valence-electron chi connectivity index (χ2n) is 3.60. The van der Waals surface area contributed by atoms with E-state index in [9.17, 15) is 5.11 Å². The molecule has 0 spiro atoms. The van der Waals surface area contributed by atoms with E-state index in [0.29, 0.717) is 5.84 Å². The van der Waals surface area contributed by atoms with E-state index in [1.54, 1.807) is 7.05 Å². The van der Waals surface area contributed by atoms with Gasteiger partial charge in [-0.3, -0.25) is 4.99 Å². The molecule has 0 saturated carbocycles. The predicted molar refractivity (Wildman–Crippen MR) is 64.5 cm³/mol. The number of nitrogens with zero attached hydrogens (tertiary/aromatic N) is 2. The van der Waals surface area contributed by atoms with Crippen molar-refractivity contribution in [3.8, 4) is 0 Å². The van der Waals surface area contributed by atoms with Crippen LogP contribution >= 0.6 is 0 Å². The van der Waals surface area contributed by atoms with Crippen LogP contribution in [0.2, 0.25) is 0 Å². The second-order valence-corrected chi connectivity index (χ2v) is 3.60. The highest BCUT2D eigenvalue weighted by Gasteiger charge is 2.15. The zero-order valence-corrected chi connectivity index (χ0v) is 9.51. The Morgan fingerprint density at radius 3 is 2.33 bits per heavy atom. The van der Waals surface area contributed by atoms with Crippen LogP contribution in [-0.4, -0.2) is 30.6 Å². The lowest BCUT2D eigenvalue weighted by atomic mass is 10.2. The molecule has 0 aliphatic rings. The van der Waals surface area contributed by atoms with Crippen molar-refractivity contribution in [3.05, 3.63) is 30.3 Å². The highest BCUT2D eigenvalue weighted by molar-refractivity contribution is 5.98. The fraction of sp³-hybridized carbons (Fsp3) is 0.417. The van der Waals surface area contributed by atoms with Gasteiger partial charge in [0.25, 0.3) is 0 Å². The highest BCUT2D eigenvalue weighted by Crippen LogP contribution is 2.16. The van der Waals surface area contributed by atoms with Crippen LogP contribution in [0.3, 0.4) is 0 Å². The lowest BCUT2D eigenvalue weighted by Gasteiger charge is -2.29. The Hall–Kier alpha value is -1.35. The van der Waals surface area contributed by atoms with E-state index in [1.165, 1.54) is 0 Å².